The topological polar surface area (TPSA) is 79.8 Å². The number of amides is 2. The summed E-state index contributed by atoms with van der Waals surface area (Å²) in [6, 6.07) is 22.8. The van der Waals surface area contributed by atoms with Gasteiger partial charge in [0, 0.05) is 6.54 Å². The highest BCUT2D eigenvalue weighted by Crippen LogP contribution is 2.14. The first-order valence-electron chi connectivity index (χ1n) is 9.72. The zero-order chi connectivity index (χ0) is 21.9. The number of halogens is 1. The van der Waals surface area contributed by atoms with Crippen molar-refractivity contribution in [3.63, 3.8) is 0 Å². The third kappa shape index (κ3) is 7.40. The van der Waals surface area contributed by atoms with Crippen molar-refractivity contribution in [1.82, 2.24) is 10.7 Å². The molecule has 31 heavy (non-hydrogen) atoms. The second-order valence-electron chi connectivity index (χ2n) is 6.68. The molecular weight excluding hydrogens is 397 g/mol. The molecule has 0 aliphatic carbocycles. The maximum absolute atomic E-state index is 12.9. The zero-order valence-electron chi connectivity index (χ0n) is 16.8. The van der Waals surface area contributed by atoms with Gasteiger partial charge in [-0.25, -0.2) is 9.82 Å². The molecule has 0 aliphatic heterocycles. The van der Waals surface area contributed by atoms with Crippen LogP contribution >= 0.6 is 0 Å². The lowest BCUT2D eigenvalue weighted by Crippen LogP contribution is -2.38. The van der Waals surface area contributed by atoms with Gasteiger partial charge in [-0.3, -0.25) is 9.59 Å². The van der Waals surface area contributed by atoms with Gasteiger partial charge in [0.25, 0.3) is 0 Å². The maximum Gasteiger partial charge on any atom is 0.329 e. The van der Waals surface area contributed by atoms with Crippen LogP contribution in [-0.2, 0) is 22.6 Å². The number of hydrazone groups is 1. The Morgan fingerprint density at radius 1 is 0.903 bits per heavy atom. The first kappa shape index (κ1) is 21.7. The number of ether oxygens (including phenoxy) is 1. The molecule has 3 aromatic rings. The van der Waals surface area contributed by atoms with E-state index in [0.29, 0.717) is 30.9 Å². The molecule has 0 spiro atoms. The zero-order valence-corrected chi connectivity index (χ0v) is 16.8. The smallest absolute Gasteiger partial charge is 0.329 e. The van der Waals surface area contributed by atoms with Gasteiger partial charge in [-0.05, 0) is 47.4 Å². The summed E-state index contributed by atoms with van der Waals surface area (Å²) >= 11 is 0. The SMILES string of the molecule is O=C(NCCc1ccccc1)C(=O)N/N=C\c1cccc(OCc2ccc(F)cc2)c1. The van der Waals surface area contributed by atoms with Gasteiger partial charge in [-0.15, -0.1) is 0 Å². The van der Waals surface area contributed by atoms with E-state index < -0.39 is 11.8 Å². The van der Waals surface area contributed by atoms with Crippen LogP contribution in [0.4, 0.5) is 4.39 Å². The number of hydrogen-bond acceptors (Lipinski definition) is 4. The number of carbonyl (C=O) groups is 2. The fraction of sp³-hybridized carbons (Fsp3) is 0.125. The molecule has 2 N–H and O–H groups in total. The minimum Gasteiger partial charge on any atom is -0.489 e. The molecule has 0 fully saturated rings. The summed E-state index contributed by atoms with van der Waals surface area (Å²) in [7, 11) is 0. The standard InChI is InChI=1S/C24H22FN3O3/c25-21-11-9-19(10-12-21)17-31-22-8-4-7-20(15-22)16-27-28-24(30)23(29)26-14-13-18-5-2-1-3-6-18/h1-12,15-16H,13-14,17H2,(H,26,29)(H,28,30)/b27-16-. The molecule has 0 aliphatic rings. The van der Waals surface area contributed by atoms with Crippen LogP contribution in [0.2, 0.25) is 0 Å². The van der Waals surface area contributed by atoms with Crippen molar-refractivity contribution in [2.75, 3.05) is 6.54 Å². The van der Waals surface area contributed by atoms with E-state index in [-0.39, 0.29) is 5.82 Å². The molecule has 7 heteroatoms. The van der Waals surface area contributed by atoms with E-state index >= 15 is 0 Å². The summed E-state index contributed by atoms with van der Waals surface area (Å²) in [6.07, 6.45) is 2.05. The summed E-state index contributed by atoms with van der Waals surface area (Å²) in [6.45, 7) is 0.647. The maximum atomic E-state index is 12.9. The molecule has 0 saturated heterocycles. The summed E-state index contributed by atoms with van der Waals surface area (Å²) in [5, 5.41) is 6.37. The average molecular weight is 419 g/mol. The van der Waals surface area contributed by atoms with Gasteiger partial charge in [0.2, 0.25) is 0 Å². The van der Waals surface area contributed by atoms with Gasteiger partial charge < -0.3 is 10.1 Å². The molecule has 2 amide bonds. The van der Waals surface area contributed by atoms with E-state index in [4.69, 9.17) is 4.74 Å². The van der Waals surface area contributed by atoms with Crippen molar-refractivity contribution in [3.8, 4) is 5.75 Å². The average Bonchev–Trinajstić information content (AvgIpc) is 2.79. The van der Waals surface area contributed by atoms with Gasteiger partial charge >= 0.3 is 11.8 Å². The Hall–Kier alpha value is -4.00. The molecule has 0 bridgehead atoms. The highest BCUT2D eigenvalue weighted by atomic mass is 19.1. The second-order valence-corrected chi connectivity index (χ2v) is 6.68. The van der Waals surface area contributed by atoms with Gasteiger partial charge in [-0.1, -0.05) is 54.6 Å². The van der Waals surface area contributed by atoms with E-state index in [0.717, 1.165) is 11.1 Å². The van der Waals surface area contributed by atoms with Crippen LogP contribution < -0.4 is 15.5 Å². The fourth-order valence-electron chi connectivity index (χ4n) is 2.69. The van der Waals surface area contributed by atoms with E-state index in [9.17, 15) is 14.0 Å². The lowest BCUT2D eigenvalue weighted by molar-refractivity contribution is -0.139. The molecule has 0 unspecified atom stereocenters. The lowest BCUT2D eigenvalue weighted by Gasteiger charge is -2.07. The predicted octanol–water partition coefficient (Wildman–Crippen LogP) is 3.21. The minimum absolute atomic E-state index is 0.292. The number of rotatable bonds is 8. The molecule has 0 radical (unpaired) electrons. The molecule has 6 nitrogen and oxygen atoms in total. The molecule has 3 aromatic carbocycles. The summed E-state index contributed by atoms with van der Waals surface area (Å²) in [4.78, 5) is 23.7. The Balaban J connectivity index is 1.43. The normalized spacial score (nSPS) is 10.6. The van der Waals surface area contributed by atoms with E-state index in [2.05, 4.69) is 15.8 Å². The van der Waals surface area contributed by atoms with Crippen molar-refractivity contribution >= 4 is 18.0 Å². The molecule has 0 heterocycles. The third-order valence-electron chi connectivity index (χ3n) is 4.30. The van der Waals surface area contributed by atoms with Gasteiger partial charge in [0.05, 0.1) is 6.21 Å². The Bertz CT molecular complexity index is 1040. The number of nitrogens with zero attached hydrogens (tertiary/aromatic N) is 1. The molecule has 0 aromatic heterocycles. The number of hydrogen-bond donors (Lipinski definition) is 2. The molecule has 158 valence electrons. The van der Waals surface area contributed by atoms with Crippen LogP contribution in [0.15, 0.2) is 84.0 Å². The minimum atomic E-state index is -0.840. The van der Waals surface area contributed by atoms with Crippen molar-refractivity contribution in [1.29, 1.82) is 0 Å². The number of nitrogens with one attached hydrogen (secondary N) is 2. The van der Waals surface area contributed by atoms with E-state index in [1.165, 1.54) is 18.3 Å². The van der Waals surface area contributed by atoms with Crippen LogP contribution in [0.1, 0.15) is 16.7 Å². The van der Waals surface area contributed by atoms with Crippen LogP contribution in [0.3, 0.4) is 0 Å². The Labute approximate surface area is 179 Å². The van der Waals surface area contributed by atoms with E-state index in [1.807, 2.05) is 30.3 Å². The van der Waals surface area contributed by atoms with Gasteiger partial charge in [0.15, 0.2) is 0 Å². The monoisotopic (exact) mass is 419 g/mol. The lowest BCUT2D eigenvalue weighted by atomic mass is 10.1. The van der Waals surface area contributed by atoms with Crippen LogP contribution in [0, 0.1) is 5.82 Å². The van der Waals surface area contributed by atoms with Crippen LogP contribution in [0.25, 0.3) is 0 Å². The van der Waals surface area contributed by atoms with Crippen molar-refractivity contribution in [2.45, 2.75) is 13.0 Å². The second kappa shape index (κ2) is 11.3. The number of benzene rings is 3. The van der Waals surface area contributed by atoms with E-state index in [1.54, 1.807) is 36.4 Å². The van der Waals surface area contributed by atoms with Crippen molar-refractivity contribution in [2.24, 2.45) is 5.10 Å². The quantitative estimate of drug-likeness (QED) is 0.334. The Kier molecular flexibility index (Phi) is 7.88. The highest BCUT2D eigenvalue weighted by Gasteiger charge is 2.11. The van der Waals surface area contributed by atoms with Crippen molar-refractivity contribution < 1.29 is 18.7 Å². The molecule has 3 rings (SSSR count). The predicted molar refractivity (Wildman–Crippen MR) is 116 cm³/mol. The van der Waals surface area contributed by atoms with Crippen LogP contribution in [-0.4, -0.2) is 24.6 Å². The Morgan fingerprint density at radius 3 is 2.45 bits per heavy atom. The van der Waals surface area contributed by atoms with Gasteiger partial charge in [0.1, 0.15) is 18.2 Å². The van der Waals surface area contributed by atoms with Crippen molar-refractivity contribution in [3.05, 3.63) is 101 Å². The highest BCUT2D eigenvalue weighted by molar-refractivity contribution is 6.35. The largest absolute Gasteiger partial charge is 0.489 e. The summed E-state index contributed by atoms with van der Waals surface area (Å²) < 4.78 is 18.6. The van der Waals surface area contributed by atoms with Gasteiger partial charge in [-0.2, -0.15) is 5.10 Å². The Morgan fingerprint density at radius 2 is 1.68 bits per heavy atom. The van der Waals surface area contributed by atoms with Crippen LogP contribution in [0.5, 0.6) is 5.75 Å². The molecular formula is C24H22FN3O3. The third-order valence-corrected chi connectivity index (χ3v) is 4.30. The summed E-state index contributed by atoms with van der Waals surface area (Å²) in [5.74, 6) is -1.29. The molecule has 0 atom stereocenters. The number of carbonyl (C=O) groups excluding carboxylic acids is 2. The first-order valence-corrected chi connectivity index (χ1v) is 9.72. The summed E-state index contributed by atoms with van der Waals surface area (Å²) in [5.41, 5.74) is 4.80. The fourth-order valence-corrected chi connectivity index (χ4v) is 2.69. The molecule has 0 saturated carbocycles. The first-order chi connectivity index (χ1) is 15.1.